The fraction of sp³-hybridized carbons (Fsp3) is 0.857. The summed E-state index contributed by atoms with van der Waals surface area (Å²) in [4.78, 5) is 25.7. The Balaban J connectivity index is 2.79. The van der Waals surface area contributed by atoms with Crippen LogP contribution < -0.4 is 0 Å². The van der Waals surface area contributed by atoms with E-state index in [-0.39, 0.29) is 24.8 Å². The molecule has 1 fully saturated rings. The highest BCUT2D eigenvalue weighted by atomic mass is 16.5. The zero-order valence-corrected chi connectivity index (χ0v) is 12.4. The van der Waals surface area contributed by atoms with Crippen LogP contribution in [-0.4, -0.2) is 47.7 Å². The van der Waals surface area contributed by atoms with E-state index >= 15 is 0 Å². The van der Waals surface area contributed by atoms with Gasteiger partial charge in [-0.1, -0.05) is 13.8 Å². The van der Waals surface area contributed by atoms with E-state index in [9.17, 15) is 14.7 Å². The minimum Gasteiger partial charge on any atom is -0.388 e. The van der Waals surface area contributed by atoms with E-state index in [4.69, 9.17) is 4.74 Å². The van der Waals surface area contributed by atoms with Crippen molar-refractivity contribution in [2.24, 2.45) is 5.41 Å². The van der Waals surface area contributed by atoms with Gasteiger partial charge in [0.2, 0.25) is 11.8 Å². The van der Waals surface area contributed by atoms with E-state index in [1.807, 2.05) is 13.8 Å². The normalized spacial score (nSPS) is 21.8. The number of amides is 2. The molecule has 0 radical (unpaired) electrons. The lowest BCUT2D eigenvalue weighted by atomic mass is 9.81. The minimum absolute atomic E-state index is 0.0514. The predicted molar refractivity (Wildman–Crippen MR) is 71.5 cm³/mol. The number of hydrogen-bond acceptors (Lipinski definition) is 4. The van der Waals surface area contributed by atoms with Crippen molar-refractivity contribution in [2.45, 2.75) is 52.1 Å². The van der Waals surface area contributed by atoms with Crippen molar-refractivity contribution < 1.29 is 19.4 Å². The number of rotatable bonds is 7. The van der Waals surface area contributed by atoms with Crippen molar-refractivity contribution in [1.29, 1.82) is 0 Å². The molecule has 0 aromatic rings. The molecule has 0 spiro atoms. The zero-order chi connectivity index (χ0) is 14.7. The van der Waals surface area contributed by atoms with Crippen molar-refractivity contribution in [3.63, 3.8) is 0 Å². The number of aliphatic hydroxyl groups is 1. The molecule has 19 heavy (non-hydrogen) atoms. The first kappa shape index (κ1) is 16.1. The lowest BCUT2D eigenvalue weighted by molar-refractivity contribution is -0.145. The van der Waals surface area contributed by atoms with Gasteiger partial charge in [-0.3, -0.25) is 14.5 Å². The highest BCUT2D eigenvalue weighted by molar-refractivity contribution is 6.05. The summed E-state index contributed by atoms with van der Waals surface area (Å²) in [6.45, 7) is 5.94. The fourth-order valence-electron chi connectivity index (χ4n) is 2.56. The van der Waals surface area contributed by atoms with Gasteiger partial charge >= 0.3 is 0 Å². The van der Waals surface area contributed by atoms with E-state index in [2.05, 4.69) is 0 Å². The topological polar surface area (TPSA) is 66.8 Å². The zero-order valence-electron chi connectivity index (χ0n) is 12.4. The van der Waals surface area contributed by atoms with E-state index in [0.29, 0.717) is 25.9 Å². The fourth-order valence-corrected chi connectivity index (χ4v) is 2.56. The van der Waals surface area contributed by atoms with Crippen LogP contribution in [0.15, 0.2) is 0 Å². The molecule has 1 unspecified atom stereocenters. The molecule has 0 saturated carbocycles. The van der Waals surface area contributed by atoms with Gasteiger partial charge in [-0.15, -0.1) is 0 Å². The number of carbonyl (C=O) groups excluding carboxylic acids is 2. The van der Waals surface area contributed by atoms with Crippen molar-refractivity contribution in [2.75, 3.05) is 20.3 Å². The van der Waals surface area contributed by atoms with Crippen LogP contribution in [0.2, 0.25) is 0 Å². The number of carbonyl (C=O) groups is 2. The van der Waals surface area contributed by atoms with Crippen LogP contribution in [-0.2, 0) is 14.3 Å². The van der Waals surface area contributed by atoms with E-state index < -0.39 is 11.0 Å². The molecular formula is C14H25NO4. The summed E-state index contributed by atoms with van der Waals surface area (Å²) in [5.41, 5.74) is -1.66. The molecule has 0 aliphatic carbocycles. The van der Waals surface area contributed by atoms with Crippen LogP contribution in [0.4, 0.5) is 0 Å². The summed E-state index contributed by atoms with van der Waals surface area (Å²) in [6, 6.07) is 0. The number of ether oxygens (including phenoxy) is 1. The van der Waals surface area contributed by atoms with Crippen molar-refractivity contribution in [1.82, 2.24) is 4.90 Å². The molecule has 1 rings (SSSR count). The molecular weight excluding hydrogens is 246 g/mol. The molecule has 1 saturated heterocycles. The molecule has 0 bridgehead atoms. The maximum Gasteiger partial charge on any atom is 0.235 e. The van der Waals surface area contributed by atoms with Crippen molar-refractivity contribution in [3.05, 3.63) is 0 Å². The molecule has 1 atom stereocenters. The molecule has 110 valence electrons. The summed E-state index contributed by atoms with van der Waals surface area (Å²) in [7, 11) is 1.56. The summed E-state index contributed by atoms with van der Waals surface area (Å²) >= 11 is 0. The van der Waals surface area contributed by atoms with Gasteiger partial charge in [-0.05, 0) is 19.8 Å². The second kappa shape index (κ2) is 6.01. The second-order valence-corrected chi connectivity index (χ2v) is 5.69. The highest BCUT2D eigenvalue weighted by Crippen LogP contribution is 2.39. The number of imide groups is 1. The first-order chi connectivity index (χ1) is 8.82. The summed E-state index contributed by atoms with van der Waals surface area (Å²) in [5, 5.41) is 10.2. The minimum atomic E-state index is -1.10. The van der Waals surface area contributed by atoms with Gasteiger partial charge in [0.05, 0.1) is 17.6 Å². The number of likely N-dealkylation sites (tertiary alicyclic amines) is 1. The van der Waals surface area contributed by atoms with Crippen LogP contribution in [0.3, 0.4) is 0 Å². The number of nitrogens with zero attached hydrogens (tertiary/aromatic N) is 1. The Morgan fingerprint density at radius 2 is 1.95 bits per heavy atom. The largest absolute Gasteiger partial charge is 0.388 e. The highest BCUT2D eigenvalue weighted by Gasteiger charge is 2.50. The van der Waals surface area contributed by atoms with Crippen LogP contribution in [0.25, 0.3) is 0 Å². The molecule has 0 aromatic heterocycles. The Morgan fingerprint density at radius 3 is 2.37 bits per heavy atom. The standard InChI is InChI=1S/C14H25NO4/c1-5-14(6-2)9-11(16)15(12(14)17)10-13(3,18)7-8-19-4/h18H,5-10H2,1-4H3. The van der Waals surface area contributed by atoms with Gasteiger partial charge in [0.25, 0.3) is 0 Å². The van der Waals surface area contributed by atoms with Gasteiger partial charge in [0.1, 0.15) is 0 Å². The Hall–Kier alpha value is -0.940. The smallest absolute Gasteiger partial charge is 0.235 e. The van der Waals surface area contributed by atoms with Gasteiger partial charge < -0.3 is 9.84 Å². The van der Waals surface area contributed by atoms with Gasteiger partial charge in [0, 0.05) is 26.6 Å². The van der Waals surface area contributed by atoms with Gasteiger partial charge in [-0.25, -0.2) is 0 Å². The molecule has 1 aliphatic heterocycles. The van der Waals surface area contributed by atoms with Crippen LogP contribution in [0, 0.1) is 5.41 Å². The van der Waals surface area contributed by atoms with Crippen molar-refractivity contribution in [3.8, 4) is 0 Å². The average molecular weight is 271 g/mol. The number of β-amino-alcohol motifs (C(OH)–C–C–N with tert-alkyl or cyclic N) is 1. The third-order valence-electron chi connectivity index (χ3n) is 4.19. The van der Waals surface area contributed by atoms with Crippen LogP contribution >= 0.6 is 0 Å². The lowest BCUT2D eigenvalue weighted by Crippen LogP contribution is -2.45. The summed E-state index contributed by atoms with van der Waals surface area (Å²) in [5.74, 6) is -0.313. The third-order valence-corrected chi connectivity index (χ3v) is 4.19. The Labute approximate surface area is 114 Å². The van der Waals surface area contributed by atoms with E-state index in [1.165, 1.54) is 4.90 Å². The van der Waals surface area contributed by atoms with Crippen LogP contribution in [0.1, 0.15) is 46.5 Å². The molecule has 1 aliphatic rings. The van der Waals surface area contributed by atoms with Gasteiger partial charge in [-0.2, -0.15) is 0 Å². The SMILES string of the molecule is CCC1(CC)CC(=O)N(CC(C)(O)CCOC)C1=O. The first-order valence-corrected chi connectivity index (χ1v) is 6.88. The Bertz CT molecular complexity index is 347. The van der Waals surface area contributed by atoms with E-state index in [0.717, 1.165) is 0 Å². The molecule has 1 heterocycles. The van der Waals surface area contributed by atoms with Gasteiger partial charge in [0.15, 0.2) is 0 Å². The number of methoxy groups -OCH3 is 1. The monoisotopic (exact) mass is 271 g/mol. The second-order valence-electron chi connectivity index (χ2n) is 5.69. The Morgan fingerprint density at radius 1 is 1.37 bits per heavy atom. The third kappa shape index (κ3) is 3.34. The maximum absolute atomic E-state index is 12.4. The quantitative estimate of drug-likeness (QED) is 0.710. The molecule has 0 aromatic carbocycles. The maximum atomic E-state index is 12.4. The Kier molecular flexibility index (Phi) is 5.10. The first-order valence-electron chi connectivity index (χ1n) is 6.88. The molecule has 5 heteroatoms. The van der Waals surface area contributed by atoms with Crippen LogP contribution in [0.5, 0.6) is 0 Å². The predicted octanol–water partition coefficient (Wildman–Crippen LogP) is 1.34. The van der Waals surface area contributed by atoms with Crippen molar-refractivity contribution >= 4 is 11.8 Å². The van der Waals surface area contributed by atoms with E-state index in [1.54, 1.807) is 14.0 Å². The summed E-state index contributed by atoms with van der Waals surface area (Å²) < 4.78 is 4.93. The number of hydrogen-bond donors (Lipinski definition) is 1. The molecule has 5 nitrogen and oxygen atoms in total. The molecule has 1 N–H and O–H groups in total. The summed E-state index contributed by atoms with van der Waals surface area (Å²) in [6.07, 6.45) is 1.97. The molecule has 2 amide bonds. The lowest BCUT2D eigenvalue weighted by Gasteiger charge is -2.29. The average Bonchev–Trinajstić information content (AvgIpc) is 2.61.